The highest BCUT2D eigenvalue weighted by molar-refractivity contribution is 7.91. The van der Waals surface area contributed by atoms with Crippen LogP contribution >= 0.6 is 11.3 Å². The van der Waals surface area contributed by atoms with Gasteiger partial charge in [-0.3, -0.25) is 4.79 Å². The Morgan fingerprint density at radius 3 is 2.11 bits per heavy atom. The molecular weight excluding hydrogens is 392 g/mol. The van der Waals surface area contributed by atoms with Crippen molar-refractivity contribution in [2.75, 3.05) is 6.54 Å². The van der Waals surface area contributed by atoms with Crippen molar-refractivity contribution in [3.63, 3.8) is 0 Å². The molecule has 27 heavy (non-hydrogen) atoms. The summed E-state index contributed by atoms with van der Waals surface area (Å²) in [5.74, 6) is -1.51. The fourth-order valence-electron chi connectivity index (χ4n) is 2.51. The summed E-state index contributed by atoms with van der Waals surface area (Å²) < 4.78 is 52.2. The zero-order chi connectivity index (χ0) is 19.4. The summed E-state index contributed by atoms with van der Waals surface area (Å²) in [5, 5.41) is 3.31. The molecule has 3 aromatic rings. The van der Waals surface area contributed by atoms with Crippen molar-refractivity contribution in [2.45, 2.75) is 10.1 Å². The first kappa shape index (κ1) is 19.2. The van der Waals surface area contributed by atoms with E-state index in [0.717, 1.165) is 24.3 Å². The minimum Gasteiger partial charge on any atom is -0.350 e. The van der Waals surface area contributed by atoms with Gasteiger partial charge in [0.2, 0.25) is 0 Å². The second kappa shape index (κ2) is 7.98. The third-order valence-electron chi connectivity index (χ3n) is 3.93. The number of amides is 1. The minimum absolute atomic E-state index is 0.0293. The van der Waals surface area contributed by atoms with Crippen LogP contribution in [0, 0.1) is 11.6 Å². The molecule has 0 fully saturated rings. The van der Waals surface area contributed by atoms with Gasteiger partial charge < -0.3 is 5.32 Å². The van der Waals surface area contributed by atoms with Gasteiger partial charge in [0, 0.05) is 17.0 Å². The molecule has 0 aliphatic carbocycles. The van der Waals surface area contributed by atoms with E-state index in [1.54, 1.807) is 17.5 Å². The van der Waals surface area contributed by atoms with E-state index in [0.29, 0.717) is 4.88 Å². The molecule has 1 heterocycles. The lowest BCUT2D eigenvalue weighted by Crippen LogP contribution is -2.31. The Morgan fingerprint density at radius 2 is 1.56 bits per heavy atom. The van der Waals surface area contributed by atoms with Crippen molar-refractivity contribution in [2.24, 2.45) is 0 Å². The van der Waals surface area contributed by atoms with E-state index in [1.165, 1.54) is 35.6 Å². The van der Waals surface area contributed by atoms with Crippen LogP contribution in [0.25, 0.3) is 0 Å². The number of thiophene rings is 1. The summed E-state index contributed by atoms with van der Waals surface area (Å²) in [4.78, 5) is 12.8. The summed E-state index contributed by atoms with van der Waals surface area (Å²) in [6.07, 6.45) is 0. The normalized spacial score (nSPS) is 12.5. The smallest absolute Gasteiger partial charge is 0.251 e. The maximum atomic E-state index is 13.1. The first-order chi connectivity index (χ1) is 12.9. The van der Waals surface area contributed by atoms with Crippen molar-refractivity contribution in [1.82, 2.24) is 5.32 Å². The Morgan fingerprint density at radius 1 is 0.963 bits per heavy atom. The predicted molar refractivity (Wildman–Crippen MR) is 99.4 cm³/mol. The Kier molecular flexibility index (Phi) is 5.67. The number of benzene rings is 2. The molecule has 0 aliphatic rings. The van der Waals surface area contributed by atoms with E-state index < -0.39 is 32.6 Å². The number of hydrogen-bond acceptors (Lipinski definition) is 4. The number of hydrogen-bond donors (Lipinski definition) is 1. The molecule has 1 amide bonds. The van der Waals surface area contributed by atoms with Crippen LogP contribution in [0.4, 0.5) is 8.78 Å². The minimum atomic E-state index is -3.86. The highest BCUT2D eigenvalue weighted by Gasteiger charge is 2.30. The quantitative estimate of drug-likeness (QED) is 0.629. The molecule has 0 radical (unpaired) electrons. The van der Waals surface area contributed by atoms with Crippen LogP contribution in [0.2, 0.25) is 0 Å². The van der Waals surface area contributed by atoms with E-state index in [9.17, 15) is 22.0 Å². The number of rotatable bonds is 6. The number of nitrogens with one attached hydrogen (secondary N) is 1. The van der Waals surface area contributed by atoms with Crippen LogP contribution in [0.15, 0.2) is 70.9 Å². The molecule has 4 nitrogen and oxygen atoms in total. The standard InChI is InChI=1S/C19H15F2NO3S2/c20-14-5-3-13(4-6-14)19(23)22-12-18(17-2-1-11-26-17)27(24,25)16-9-7-15(21)8-10-16/h1-11,18H,12H2,(H,22,23)/t18-/m1/s1. The second-order valence-electron chi connectivity index (χ2n) is 5.72. The van der Waals surface area contributed by atoms with Gasteiger partial charge in [-0.05, 0) is 60.0 Å². The van der Waals surface area contributed by atoms with Crippen LogP contribution in [0.5, 0.6) is 0 Å². The van der Waals surface area contributed by atoms with Gasteiger partial charge in [-0.25, -0.2) is 17.2 Å². The Hall–Kier alpha value is -2.58. The summed E-state index contributed by atoms with van der Waals surface area (Å²) in [5.41, 5.74) is 0.223. The van der Waals surface area contributed by atoms with Crippen molar-refractivity contribution in [3.05, 3.63) is 88.1 Å². The first-order valence-corrected chi connectivity index (χ1v) is 10.4. The molecule has 3 rings (SSSR count). The maximum absolute atomic E-state index is 13.1. The molecule has 8 heteroatoms. The van der Waals surface area contributed by atoms with Crippen LogP contribution in [0.1, 0.15) is 20.5 Å². The highest BCUT2D eigenvalue weighted by atomic mass is 32.2. The largest absolute Gasteiger partial charge is 0.350 e. The maximum Gasteiger partial charge on any atom is 0.251 e. The summed E-state index contributed by atoms with van der Waals surface area (Å²) >= 11 is 1.25. The summed E-state index contributed by atoms with van der Waals surface area (Å²) in [6, 6.07) is 12.9. The lowest BCUT2D eigenvalue weighted by molar-refractivity contribution is 0.0953. The molecule has 0 saturated carbocycles. The molecule has 1 aromatic heterocycles. The number of halogens is 2. The van der Waals surface area contributed by atoms with Crippen LogP contribution in [0.3, 0.4) is 0 Å². The highest BCUT2D eigenvalue weighted by Crippen LogP contribution is 2.31. The monoisotopic (exact) mass is 407 g/mol. The number of carbonyl (C=O) groups is 1. The molecule has 2 aromatic carbocycles. The predicted octanol–water partition coefficient (Wildman–Crippen LogP) is 3.97. The molecule has 1 atom stereocenters. The topological polar surface area (TPSA) is 63.2 Å². The molecule has 0 bridgehead atoms. The molecular formula is C19H15F2NO3S2. The Labute approximate surface area is 159 Å². The van der Waals surface area contributed by atoms with Gasteiger partial charge in [0.05, 0.1) is 4.90 Å². The number of carbonyl (C=O) groups excluding carboxylic acids is 1. The fraction of sp³-hybridized carbons (Fsp3) is 0.105. The number of sulfone groups is 1. The van der Waals surface area contributed by atoms with Gasteiger partial charge in [0.25, 0.3) is 5.91 Å². The Balaban J connectivity index is 1.85. The average Bonchev–Trinajstić information content (AvgIpc) is 3.16. The molecule has 0 unspecified atom stereocenters. The van der Waals surface area contributed by atoms with Gasteiger partial charge in [-0.1, -0.05) is 6.07 Å². The van der Waals surface area contributed by atoms with Gasteiger partial charge in [0.1, 0.15) is 16.9 Å². The fourth-order valence-corrected chi connectivity index (χ4v) is 5.30. The zero-order valence-electron chi connectivity index (χ0n) is 13.9. The summed E-state index contributed by atoms with van der Waals surface area (Å²) in [6.45, 7) is -0.170. The van der Waals surface area contributed by atoms with Gasteiger partial charge >= 0.3 is 0 Å². The van der Waals surface area contributed by atoms with Crippen LogP contribution in [-0.2, 0) is 9.84 Å². The Bertz CT molecular complexity index is 1020. The van der Waals surface area contributed by atoms with Crippen molar-refractivity contribution in [1.29, 1.82) is 0 Å². The van der Waals surface area contributed by atoms with E-state index in [2.05, 4.69) is 5.32 Å². The SMILES string of the molecule is O=C(NC[C@H](c1cccs1)S(=O)(=O)c1ccc(F)cc1)c1ccc(F)cc1. The van der Waals surface area contributed by atoms with Gasteiger partial charge in [-0.2, -0.15) is 0 Å². The molecule has 140 valence electrons. The molecule has 0 spiro atoms. The van der Waals surface area contributed by atoms with Crippen LogP contribution < -0.4 is 5.32 Å². The van der Waals surface area contributed by atoms with Crippen molar-refractivity contribution < 1.29 is 22.0 Å². The zero-order valence-corrected chi connectivity index (χ0v) is 15.6. The first-order valence-electron chi connectivity index (χ1n) is 7.94. The summed E-state index contributed by atoms with van der Waals surface area (Å²) in [7, 11) is -3.86. The molecule has 1 N–H and O–H groups in total. The lowest BCUT2D eigenvalue weighted by atomic mass is 10.2. The molecule has 0 aliphatic heterocycles. The third-order valence-corrected chi connectivity index (χ3v) is 7.17. The molecule has 0 saturated heterocycles. The van der Waals surface area contributed by atoms with E-state index in [4.69, 9.17) is 0 Å². The third kappa shape index (κ3) is 4.40. The van der Waals surface area contributed by atoms with Crippen molar-refractivity contribution in [3.8, 4) is 0 Å². The van der Waals surface area contributed by atoms with Gasteiger partial charge in [-0.15, -0.1) is 11.3 Å². The van der Waals surface area contributed by atoms with Crippen LogP contribution in [-0.4, -0.2) is 20.9 Å². The van der Waals surface area contributed by atoms with E-state index >= 15 is 0 Å². The van der Waals surface area contributed by atoms with Gasteiger partial charge in [0.15, 0.2) is 9.84 Å². The second-order valence-corrected chi connectivity index (χ2v) is 8.83. The van der Waals surface area contributed by atoms with E-state index in [-0.39, 0.29) is 17.0 Å². The lowest BCUT2D eigenvalue weighted by Gasteiger charge is -2.17. The van der Waals surface area contributed by atoms with E-state index in [1.807, 2.05) is 0 Å². The van der Waals surface area contributed by atoms with Crippen molar-refractivity contribution >= 4 is 27.1 Å². The average molecular weight is 407 g/mol.